The maximum Gasteiger partial charge on any atom is 0.203 e. The van der Waals surface area contributed by atoms with Crippen molar-refractivity contribution in [3.05, 3.63) is 11.9 Å². The van der Waals surface area contributed by atoms with Crippen LogP contribution in [0.4, 0.5) is 5.95 Å². The van der Waals surface area contributed by atoms with E-state index < -0.39 is 0 Å². The van der Waals surface area contributed by atoms with E-state index in [-0.39, 0.29) is 0 Å². The Labute approximate surface area is 80.2 Å². The molecule has 0 aromatic carbocycles. The fraction of sp³-hybridized carbons (Fsp3) is 0.700. The highest BCUT2D eigenvalue weighted by Gasteiger charge is 2.01. The Morgan fingerprint density at radius 3 is 2.85 bits per heavy atom. The Balaban J connectivity index is 2.53. The summed E-state index contributed by atoms with van der Waals surface area (Å²) in [6.45, 7) is 8.35. The zero-order valence-corrected chi connectivity index (χ0v) is 8.80. The van der Waals surface area contributed by atoms with Gasteiger partial charge in [-0.15, -0.1) is 0 Å². The number of aryl methyl sites for hydroxylation is 2. The summed E-state index contributed by atoms with van der Waals surface area (Å²) in [5.41, 5.74) is 1.08. The molecule has 0 amide bonds. The minimum atomic E-state index is 0.981. The van der Waals surface area contributed by atoms with Gasteiger partial charge in [0.15, 0.2) is 0 Å². The molecule has 0 fully saturated rings. The predicted molar refractivity (Wildman–Crippen MR) is 56.0 cm³/mol. The smallest absolute Gasteiger partial charge is 0.203 e. The second-order valence-corrected chi connectivity index (χ2v) is 3.27. The highest BCUT2D eigenvalue weighted by atomic mass is 15.2. The van der Waals surface area contributed by atoms with Crippen molar-refractivity contribution in [3.63, 3.8) is 0 Å². The molecule has 0 aliphatic heterocycles. The van der Waals surface area contributed by atoms with Crippen LogP contribution in [0.25, 0.3) is 0 Å². The molecule has 1 N–H and O–H groups in total. The highest BCUT2D eigenvalue weighted by molar-refractivity contribution is 5.28. The lowest BCUT2D eigenvalue weighted by atomic mass is 10.3. The van der Waals surface area contributed by atoms with Crippen molar-refractivity contribution < 1.29 is 0 Å². The van der Waals surface area contributed by atoms with Crippen LogP contribution in [0.5, 0.6) is 0 Å². The molecule has 1 rings (SSSR count). The van der Waals surface area contributed by atoms with Crippen LogP contribution in [0.3, 0.4) is 0 Å². The SMILES string of the molecule is CCCCNc1nc(C)cn1CC. The van der Waals surface area contributed by atoms with E-state index in [1.807, 2.05) is 6.92 Å². The first-order valence-corrected chi connectivity index (χ1v) is 5.05. The molecule has 1 aromatic rings. The van der Waals surface area contributed by atoms with Gasteiger partial charge >= 0.3 is 0 Å². The van der Waals surface area contributed by atoms with Crippen molar-refractivity contribution in [3.8, 4) is 0 Å². The minimum absolute atomic E-state index is 0.981. The first-order chi connectivity index (χ1) is 6.27. The molecule has 0 saturated carbocycles. The van der Waals surface area contributed by atoms with Gasteiger partial charge in [0.05, 0.1) is 5.69 Å². The molecule has 3 heteroatoms. The molecule has 0 spiro atoms. The average Bonchev–Trinajstić information content (AvgIpc) is 2.47. The van der Waals surface area contributed by atoms with Gasteiger partial charge in [0, 0.05) is 19.3 Å². The summed E-state index contributed by atoms with van der Waals surface area (Å²) in [5, 5.41) is 3.34. The average molecular weight is 181 g/mol. The Kier molecular flexibility index (Phi) is 3.80. The van der Waals surface area contributed by atoms with Gasteiger partial charge in [-0.2, -0.15) is 0 Å². The number of hydrogen-bond acceptors (Lipinski definition) is 2. The summed E-state index contributed by atoms with van der Waals surface area (Å²) < 4.78 is 2.14. The zero-order chi connectivity index (χ0) is 9.68. The van der Waals surface area contributed by atoms with Crippen LogP contribution in [-0.4, -0.2) is 16.1 Å². The molecule has 0 saturated heterocycles. The second kappa shape index (κ2) is 4.90. The van der Waals surface area contributed by atoms with Gasteiger partial charge in [-0.3, -0.25) is 0 Å². The number of nitrogens with one attached hydrogen (secondary N) is 1. The molecule has 13 heavy (non-hydrogen) atoms. The third kappa shape index (κ3) is 2.76. The van der Waals surface area contributed by atoms with Crippen LogP contribution >= 0.6 is 0 Å². The first kappa shape index (κ1) is 10.1. The summed E-state index contributed by atoms with van der Waals surface area (Å²) in [6, 6.07) is 0. The topological polar surface area (TPSA) is 29.9 Å². The number of anilines is 1. The van der Waals surface area contributed by atoms with E-state index in [9.17, 15) is 0 Å². The fourth-order valence-electron chi connectivity index (χ4n) is 1.31. The third-order valence-electron chi connectivity index (χ3n) is 2.05. The Hall–Kier alpha value is -0.990. The quantitative estimate of drug-likeness (QED) is 0.707. The van der Waals surface area contributed by atoms with Crippen molar-refractivity contribution in [2.24, 2.45) is 0 Å². The molecular formula is C10H19N3. The fourth-order valence-corrected chi connectivity index (χ4v) is 1.31. The number of nitrogens with zero attached hydrogens (tertiary/aromatic N) is 2. The monoisotopic (exact) mass is 181 g/mol. The van der Waals surface area contributed by atoms with Crippen LogP contribution in [0, 0.1) is 6.92 Å². The molecule has 0 unspecified atom stereocenters. The third-order valence-corrected chi connectivity index (χ3v) is 2.05. The number of imidazole rings is 1. The van der Waals surface area contributed by atoms with Gasteiger partial charge in [0.2, 0.25) is 5.95 Å². The molecule has 0 atom stereocenters. The number of rotatable bonds is 5. The van der Waals surface area contributed by atoms with Gasteiger partial charge in [0.1, 0.15) is 0 Å². The Morgan fingerprint density at radius 1 is 1.46 bits per heavy atom. The van der Waals surface area contributed by atoms with Gasteiger partial charge in [-0.25, -0.2) is 4.98 Å². The molecule has 1 heterocycles. The largest absolute Gasteiger partial charge is 0.356 e. The van der Waals surface area contributed by atoms with Crippen LogP contribution < -0.4 is 5.32 Å². The van der Waals surface area contributed by atoms with Crippen molar-refractivity contribution >= 4 is 5.95 Å². The lowest BCUT2D eigenvalue weighted by Crippen LogP contribution is -2.07. The van der Waals surface area contributed by atoms with E-state index in [1.165, 1.54) is 12.8 Å². The summed E-state index contributed by atoms with van der Waals surface area (Å²) in [7, 11) is 0. The van der Waals surface area contributed by atoms with E-state index in [2.05, 4.69) is 34.9 Å². The lowest BCUT2D eigenvalue weighted by Gasteiger charge is -2.06. The maximum absolute atomic E-state index is 4.41. The molecule has 3 nitrogen and oxygen atoms in total. The second-order valence-electron chi connectivity index (χ2n) is 3.27. The van der Waals surface area contributed by atoms with E-state index in [0.717, 1.165) is 24.7 Å². The molecule has 0 bridgehead atoms. The van der Waals surface area contributed by atoms with Crippen LogP contribution in [0.2, 0.25) is 0 Å². The molecule has 0 radical (unpaired) electrons. The molecular weight excluding hydrogens is 162 g/mol. The summed E-state index contributed by atoms with van der Waals surface area (Å²) in [4.78, 5) is 4.41. The first-order valence-electron chi connectivity index (χ1n) is 5.05. The lowest BCUT2D eigenvalue weighted by molar-refractivity contribution is 0.751. The van der Waals surface area contributed by atoms with Gasteiger partial charge in [0.25, 0.3) is 0 Å². The van der Waals surface area contributed by atoms with Crippen LogP contribution in [0.1, 0.15) is 32.4 Å². The normalized spacial score (nSPS) is 10.4. The van der Waals surface area contributed by atoms with Gasteiger partial charge in [-0.05, 0) is 20.3 Å². The van der Waals surface area contributed by atoms with Crippen LogP contribution in [-0.2, 0) is 6.54 Å². The van der Waals surface area contributed by atoms with E-state index in [1.54, 1.807) is 0 Å². The number of aromatic nitrogens is 2. The number of hydrogen-bond donors (Lipinski definition) is 1. The van der Waals surface area contributed by atoms with Gasteiger partial charge in [-0.1, -0.05) is 13.3 Å². The maximum atomic E-state index is 4.41. The summed E-state index contributed by atoms with van der Waals surface area (Å²) in [6.07, 6.45) is 4.50. The molecule has 0 aliphatic rings. The minimum Gasteiger partial charge on any atom is -0.356 e. The van der Waals surface area contributed by atoms with Crippen molar-refractivity contribution in [2.75, 3.05) is 11.9 Å². The molecule has 1 aromatic heterocycles. The van der Waals surface area contributed by atoms with Gasteiger partial charge < -0.3 is 9.88 Å². The van der Waals surface area contributed by atoms with E-state index in [0.29, 0.717) is 0 Å². The Bertz CT molecular complexity index is 253. The summed E-state index contributed by atoms with van der Waals surface area (Å²) in [5.74, 6) is 1.01. The Morgan fingerprint density at radius 2 is 2.23 bits per heavy atom. The van der Waals surface area contributed by atoms with E-state index in [4.69, 9.17) is 0 Å². The molecule has 0 aliphatic carbocycles. The number of unbranched alkanes of at least 4 members (excludes halogenated alkanes) is 1. The standard InChI is InChI=1S/C10H19N3/c1-4-6-7-11-10-12-9(3)8-13(10)5-2/h8H,4-7H2,1-3H3,(H,11,12). The molecule has 74 valence electrons. The predicted octanol–water partition coefficient (Wildman–Crippen LogP) is 2.42. The van der Waals surface area contributed by atoms with Crippen molar-refractivity contribution in [1.29, 1.82) is 0 Å². The van der Waals surface area contributed by atoms with E-state index >= 15 is 0 Å². The van der Waals surface area contributed by atoms with Crippen molar-refractivity contribution in [1.82, 2.24) is 9.55 Å². The highest BCUT2D eigenvalue weighted by Crippen LogP contribution is 2.07. The zero-order valence-electron chi connectivity index (χ0n) is 8.80. The summed E-state index contributed by atoms with van der Waals surface area (Å²) >= 11 is 0. The van der Waals surface area contributed by atoms with Crippen molar-refractivity contribution in [2.45, 2.75) is 40.2 Å². The van der Waals surface area contributed by atoms with Crippen LogP contribution in [0.15, 0.2) is 6.20 Å².